The number of benzene rings is 1. The Hall–Kier alpha value is -1.78. The van der Waals surface area contributed by atoms with Crippen molar-refractivity contribution in [2.45, 2.75) is 40.2 Å². The molecule has 4 heteroatoms. The van der Waals surface area contributed by atoms with E-state index in [4.69, 9.17) is 5.11 Å². The van der Waals surface area contributed by atoms with Gasteiger partial charge in [0, 0.05) is 12.0 Å². The van der Waals surface area contributed by atoms with E-state index in [1.165, 1.54) is 0 Å². The van der Waals surface area contributed by atoms with Gasteiger partial charge in [0.25, 0.3) is 0 Å². The molecule has 0 radical (unpaired) electrons. The topological polar surface area (TPSA) is 57.6 Å². The summed E-state index contributed by atoms with van der Waals surface area (Å²) in [5.41, 5.74) is 1.98. The summed E-state index contributed by atoms with van der Waals surface area (Å²) >= 11 is 0. The first-order valence-electron chi connectivity index (χ1n) is 9.26. The zero-order valence-corrected chi connectivity index (χ0v) is 16.4. The first kappa shape index (κ1) is 20.5. The first-order valence-corrected chi connectivity index (χ1v) is 9.26. The van der Waals surface area contributed by atoms with Crippen LogP contribution in [0.5, 0.6) is 0 Å². The lowest BCUT2D eigenvalue weighted by Crippen LogP contribution is -2.34. The fourth-order valence-corrected chi connectivity index (χ4v) is 3.79. The molecule has 1 aromatic rings. The average Bonchev–Trinajstić information content (AvgIpc) is 2.84. The summed E-state index contributed by atoms with van der Waals surface area (Å²) in [6, 6.07) is 8.28. The molecule has 1 aromatic carbocycles. The highest BCUT2D eigenvalue weighted by molar-refractivity contribution is 5.81. The molecule has 0 bridgehead atoms. The standard InChI is InChI=1S/C22H31NO3/c1-21(2)19(11-12-22(21,3)16-25)10-9-17-5-7-18(8-6-17)13-23(4)14-20(26)15-24/h5-10,16,19,24H,11-15H2,1-4H3/b10-9+. The van der Waals surface area contributed by atoms with Crippen molar-refractivity contribution >= 4 is 18.1 Å². The summed E-state index contributed by atoms with van der Waals surface area (Å²) in [5, 5.41) is 8.82. The van der Waals surface area contributed by atoms with Crippen LogP contribution in [0.1, 0.15) is 44.7 Å². The highest BCUT2D eigenvalue weighted by Gasteiger charge is 2.50. The van der Waals surface area contributed by atoms with Gasteiger partial charge < -0.3 is 9.90 Å². The van der Waals surface area contributed by atoms with Gasteiger partial charge in [0.15, 0.2) is 5.78 Å². The number of Topliss-reactive ketones (excluding diaryl/α,β-unsaturated/α-hetero) is 1. The number of allylic oxidation sites excluding steroid dienone is 1. The number of likely N-dealkylation sites (N-methyl/N-ethyl adjacent to an activating group) is 1. The molecule has 26 heavy (non-hydrogen) atoms. The highest BCUT2D eigenvalue weighted by atomic mass is 16.3. The Bertz CT molecular complexity index is 662. The minimum absolute atomic E-state index is 0.0346. The summed E-state index contributed by atoms with van der Waals surface area (Å²) < 4.78 is 0. The van der Waals surface area contributed by atoms with Crippen LogP contribution in [0.15, 0.2) is 30.3 Å². The van der Waals surface area contributed by atoms with E-state index in [2.05, 4.69) is 57.2 Å². The van der Waals surface area contributed by atoms with Gasteiger partial charge in [-0.1, -0.05) is 57.2 Å². The fraction of sp³-hybridized carbons (Fsp3) is 0.545. The van der Waals surface area contributed by atoms with Crippen molar-refractivity contribution in [1.29, 1.82) is 0 Å². The van der Waals surface area contributed by atoms with E-state index in [1.54, 1.807) is 0 Å². The first-order chi connectivity index (χ1) is 12.2. The molecule has 1 aliphatic rings. The average molecular weight is 357 g/mol. The Balaban J connectivity index is 1.98. The van der Waals surface area contributed by atoms with Crippen LogP contribution < -0.4 is 0 Å². The monoisotopic (exact) mass is 357 g/mol. The minimum atomic E-state index is -0.408. The fourth-order valence-electron chi connectivity index (χ4n) is 3.79. The summed E-state index contributed by atoms with van der Waals surface area (Å²) in [6.45, 7) is 6.97. The van der Waals surface area contributed by atoms with E-state index >= 15 is 0 Å². The van der Waals surface area contributed by atoms with Crippen LogP contribution in [-0.2, 0) is 16.1 Å². The van der Waals surface area contributed by atoms with Crippen LogP contribution in [0.4, 0.5) is 0 Å². The van der Waals surface area contributed by atoms with Crippen LogP contribution in [-0.4, -0.2) is 42.3 Å². The number of hydrogen-bond donors (Lipinski definition) is 1. The third-order valence-corrected chi connectivity index (χ3v) is 6.21. The maximum absolute atomic E-state index is 11.5. The SMILES string of the molecule is CN(CC(=O)CO)Cc1ccc(/C=C/C2CCC(C)(C=O)C2(C)C)cc1. The number of nitrogens with zero attached hydrogens (tertiary/aromatic N) is 1. The van der Waals surface area contributed by atoms with Crippen molar-refractivity contribution in [3.05, 3.63) is 41.5 Å². The number of aldehydes is 1. The number of ketones is 1. The van der Waals surface area contributed by atoms with Crippen molar-refractivity contribution in [2.75, 3.05) is 20.2 Å². The molecule has 0 aliphatic heterocycles. The second kappa shape index (κ2) is 8.28. The maximum Gasteiger partial charge on any atom is 0.172 e. The Morgan fingerprint density at radius 1 is 1.27 bits per heavy atom. The van der Waals surface area contributed by atoms with Crippen molar-refractivity contribution in [3.8, 4) is 0 Å². The molecule has 1 aliphatic carbocycles. The van der Waals surface area contributed by atoms with Crippen LogP contribution in [0, 0.1) is 16.7 Å². The zero-order valence-electron chi connectivity index (χ0n) is 16.4. The number of aliphatic hydroxyl groups excluding tert-OH is 1. The number of carbonyl (C=O) groups excluding carboxylic acids is 2. The van der Waals surface area contributed by atoms with Gasteiger partial charge in [0.2, 0.25) is 0 Å². The van der Waals surface area contributed by atoms with Gasteiger partial charge in [-0.25, -0.2) is 0 Å². The molecule has 1 saturated carbocycles. The molecule has 0 aromatic heterocycles. The van der Waals surface area contributed by atoms with Crippen LogP contribution in [0.2, 0.25) is 0 Å². The van der Waals surface area contributed by atoms with E-state index < -0.39 is 6.61 Å². The zero-order chi connectivity index (χ0) is 19.4. The summed E-state index contributed by atoms with van der Waals surface area (Å²) in [7, 11) is 1.87. The third-order valence-electron chi connectivity index (χ3n) is 6.21. The van der Waals surface area contributed by atoms with E-state index in [1.807, 2.05) is 11.9 Å². The summed E-state index contributed by atoms with van der Waals surface area (Å²) in [4.78, 5) is 24.7. The Morgan fingerprint density at radius 2 is 1.92 bits per heavy atom. The molecule has 0 amide bonds. The lowest BCUT2D eigenvalue weighted by atomic mass is 9.66. The molecule has 1 N–H and O–H groups in total. The minimum Gasteiger partial charge on any atom is -0.389 e. The molecule has 2 atom stereocenters. The molecule has 1 fully saturated rings. The molecule has 0 heterocycles. The molecular weight excluding hydrogens is 326 g/mol. The van der Waals surface area contributed by atoms with Crippen molar-refractivity contribution in [1.82, 2.24) is 4.90 Å². The smallest absolute Gasteiger partial charge is 0.172 e. The summed E-state index contributed by atoms with van der Waals surface area (Å²) in [5.74, 6) is 0.224. The van der Waals surface area contributed by atoms with E-state index in [0.29, 0.717) is 12.5 Å². The van der Waals surface area contributed by atoms with E-state index in [0.717, 1.165) is 30.3 Å². The second-order valence-electron chi connectivity index (χ2n) is 8.37. The lowest BCUT2D eigenvalue weighted by molar-refractivity contribution is -0.122. The van der Waals surface area contributed by atoms with Gasteiger partial charge in [-0.3, -0.25) is 9.69 Å². The van der Waals surface area contributed by atoms with Crippen molar-refractivity contribution in [2.24, 2.45) is 16.7 Å². The van der Waals surface area contributed by atoms with Crippen LogP contribution in [0.25, 0.3) is 6.08 Å². The van der Waals surface area contributed by atoms with Crippen molar-refractivity contribution < 1.29 is 14.7 Å². The predicted octanol–water partition coefficient (Wildman–Crippen LogP) is 3.33. The van der Waals surface area contributed by atoms with Crippen LogP contribution >= 0.6 is 0 Å². The number of rotatable bonds is 8. The molecule has 0 spiro atoms. The van der Waals surface area contributed by atoms with Gasteiger partial charge in [-0.05, 0) is 42.3 Å². The summed E-state index contributed by atoms with van der Waals surface area (Å²) in [6.07, 6.45) is 7.51. The second-order valence-corrected chi connectivity index (χ2v) is 8.37. The Morgan fingerprint density at radius 3 is 2.46 bits per heavy atom. The molecule has 2 unspecified atom stereocenters. The van der Waals surface area contributed by atoms with Gasteiger partial charge in [0.05, 0.1) is 6.54 Å². The largest absolute Gasteiger partial charge is 0.389 e. The molecule has 2 rings (SSSR count). The van der Waals surface area contributed by atoms with Gasteiger partial charge in [-0.2, -0.15) is 0 Å². The quantitative estimate of drug-likeness (QED) is 0.725. The van der Waals surface area contributed by atoms with Gasteiger partial charge in [0.1, 0.15) is 12.9 Å². The normalized spacial score (nSPS) is 25.1. The number of hydrogen-bond acceptors (Lipinski definition) is 4. The Kier molecular flexibility index (Phi) is 6.53. The highest BCUT2D eigenvalue weighted by Crippen LogP contribution is 2.55. The number of carbonyl (C=O) groups is 2. The van der Waals surface area contributed by atoms with Gasteiger partial charge in [-0.15, -0.1) is 0 Å². The van der Waals surface area contributed by atoms with E-state index in [-0.39, 0.29) is 23.2 Å². The predicted molar refractivity (Wildman–Crippen MR) is 105 cm³/mol. The molecule has 0 saturated heterocycles. The molecule has 4 nitrogen and oxygen atoms in total. The van der Waals surface area contributed by atoms with Crippen LogP contribution in [0.3, 0.4) is 0 Å². The molecule has 142 valence electrons. The van der Waals surface area contributed by atoms with Crippen molar-refractivity contribution in [3.63, 3.8) is 0 Å². The lowest BCUT2D eigenvalue weighted by Gasteiger charge is -2.36. The van der Waals surface area contributed by atoms with E-state index in [9.17, 15) is 9.59 Å². The Labute approximate surface area is 156 Å². The third kappa shape index (κ3) is 4.49. The van der Waals surface area contributed by atoms with Gasteiger partial charge >= 0.3 is 0 Å². The maximum atomic E-state index is 11.5. The molecular formula is C22H31NO3. The number of aliphatic hydroxyl groups is 1.